The van der Waals surface area contributed by atoms with E-state index in [0.717, 1.165) is 43.0 Å². The number of benzene rings is 2. The molecule has 3 aromatic rings. The van der Waals surface area contributed by atoms with E-state index in [1.54, 1.807) is 6.07 Å². The van der Waals surface area contributed by atoms with Gasteiger partial charge >= 0.3 is 0 Å². The van der Waals surface area contributed by atoms with Crippen molar-refractivity contribution < 1.29 is 4.79 Å². The minimum absolute atomic E-state index is 0.415. The number of hydrogen-bond donors (Lipinski definition) is 1. The summed E-state index contributed by atoms with van der Waals surface area (Å²) in [6.07, 6.45) is 2.34. The van der Waals surface area contributed by atoms with Gasteiger partial charge in [0.15, 0.2) is 0 Å². The largest absolute Gasteiger partial charge is 0.366 e. The summed E-state index contributed by atoms with van der Waals surface area (Å²) in [5.74, 6) is 0.0126. The molecule has 2 N–H and O–H groups in total. The van der Waals surface area contributed by atoms with E-state index in [1.807, 2.05) is 24.3 Å². The molecule has 2 heterocycles. The van der Waals surface area contributed by atoms with Gasteiger partial charge in [-0.2, -0.15) is 0 Å². The van der Waals surface area contributed by atoms with Gasteiger partial charge in [-0.1, -0.05) is 48.5 Å². The quantitative estimate of drug-likeness (QED) is 0.730. The zero-order valence-corrected chi connectivity index (χ0v) is 15.9. The van der Waals surface area contributed by atoms with Crippen LogP contribution in [0.3, 0.4) is 0 Å². The average molecular weight is 371 g/mol. The number of primary amides is 1. The lowest BCUT2D eigenvalue weighted by molar-refractivity contribution is 0.100. The van der Waals surface area contributed by atoms with Crippen LogP contribution in [-0.4, -0.2) is 28.9 Å². The normalized spacial score (nSPS) is 17.4. The van der Waals surface area contributed by atoms with Crippen LogP contribution in [0.1, 0.15) is 40.4 Å². The number of amides is 1. The SMILES string of the molecule is NC(=O)c1cccc(-c2cccc([C@@H]3CCCN(Cc4ccccc4)C3)n2)c1. The van der Waals surface area contributed by atoms with Gasteiger partial charge in [-0.05, 0) is 49.2 Å². The first-order valence-corrected chi connectivity index (χ1v) is 9.82. The number of nitrogens with zero attached hydrogens (tertiary/aromatic N) is 2. The minimum Gasteiger partial charge on any atom is -0.366 e. The molecule has 4 heteroatoms. The topological polar surface area (TPSA) is 59.2 Å². The molecule has 28 heavy (non-hydrogen) atoms. The standard InChI is InChI=1S/C24H25N3O/c25-24(28)20-10-4-9-19(15-20)22-12-5-13-23(26-22)21-11-6-14-27(17-21)16-18-7-2-1-3-8-18/h1-5,7-10,12-13,15,21H,6,11,14,16-17H2,(H2,25,28)/t21-/m1/s1. The van der Waals surface area contributed by atoms with Gasteiger partial charge in [0.2, 0.25) is 5.91 Å². The summed E-state index contributed by atoms with van der Waals surface area (Å²) in [5.41, 5.74) is 10.2. The Bertz CT molecular complexity index is 955. The van der Waals surface area contributed by atoms with Crippen LogP contribution in [0.15, 0.2) is 72.8 Å². The fourth-order valence-corrected chi connectivity index (χ4v) is 3.95. The Morgan fingerprint density at radius 1 is 1.04 bits per heavy atom. The molecule has 0 saturated carbocycles. The van der Waals surface area contributed by atoms with Crippen LogP contribution in [0.25, 0.3) is 11.3 Å². The summed E-state index contributed by atoms with van der Waals surface area (Å²) in [4.78, 5) is 18.9. The fourth-order valence-electron chi connectivity index (χ4n) is 3.95. The molecule has 0 unspecified atom stereocenters. The highest BCUT2D eigenvalue weighted by atomic mass is 16.1. The molecule has 1 fully saturated rings. The Balaban J connectivity index is 1.52. The molecular formula is C24H25N3O. The maximum atomic E-state index is 11.5. The van der Waals surface area contributed by atoms with Crippen molar-refractivity contribution in [2.75, 3.05) is 13.1 Å². The third-order valence-corrected chi connectivity index (χ3v) is 5.39. The van der Waals surface area contributed by atoms with Crippen molar-refractivity contribution in [1.29, 1.82) is 0 Å². The van der Waals surface area contributed by atoms with E-state index in [9.17, 15) is 4.79 Å². The van der Waals surface area contributed by atoms with Crippen molar-refractivity contribution in [1.82, 2.24) is 9.88 Å². The number of aromatic nitrogens is 1. The van der Waals surface area contributed by atoms with E-state index in [2.05, 4.69) is 47.4 Å². The highest BCUT2D eigenvalue weighted by molar-refractivity contribution is 5.93. The second-order valence-corrected chi connectivity index (χ2v) is 7.45. The van der Waals surface area contributed by atoms with Crippen LogP contribution >= 0.6 is 0 Å². The first-order chi connectivity index (χ1) is 13.7. The predicted molar refractivity (Wildman–Crippen MR) is 112 cm³/mol. The fraction of sp³-hybridized carbons (Fsp3) is 0.250. The molecule has 0 radical (unpaired) electrons. The smallest absolute Gasteiger partial charge is 0.248 e. The van der Waals surface area contributed by atoms with Gasteiger partial charge in [0.05, 0.1) is 5.69 Å². The Morgan fingerprint density at radius 2 is 1.86 bits per heavy atom. The molecule has 1 atom stereocenters. The van der Waals surface area contributed by atoms with Gasteiger partial charge in [0.1, 0.15) is 0 Å². The summed E-state index contributed by atoms with van der Waals surface area (Å²) in [7, 11) is 0. The lowest BCUT2D eigenvalue weighted by Crippen LogP contribution is -2.34. The maximum absolute atomic E-state index is 11.5. The monoisotopic (exact) mass is 371 g/mol. The molecular weight excluding hydrogens is 346 g/mol. The van der Waals surface area contributed by atoms with Crippen LogP contribution in [0, 0.1) is 0 Å². The van der Waals surface area contributed by atoms with Crippen molar-refractivity contribution in [3.63, 3.8) is 0 Å². The summed E-state index contributed by atoms with van der Waals surface area (Å²) in [5, 5.41) is 0. The molecule has 1 amide bonds. The molecule has 0 aliphatic carbocycles. The maximum Gasteiger partial charge on any atom is 0.248 e. The van der Waals surface area contributed by atoms with E-state index in [0.29, 0.717) is 11.5 Å². The molecule has 0 spiro atoms. The molecule has 0 bridgehead atoms. The Morgan fingerprint density at radius 3 is 2.68 bits per heavy atom. The van der Waals surface area contributed by atoms with Gasteiger partial charge in [-0.25, -0.2) is 0 Å². The number of rotatable bonds is 5. The van der Waals surface area contributed by atoms with Crippen LogP contribution in [0.2, 0.25) is 0 Å². The number of pyridine rings is 1. The second kappa shape index (κ2) is 8.36. The van der Waals surface area contributed by atoms with Crippen molar-refractivity contribution >= 4 is 5.91 Å². The second-order valence-electron chi connectivity index (χ2n) is 7.45. The predicted octanol–water partition coefficient (Wildman–Crippen LogP) is 4.23. The van der Waals surface area contributed by atoms with Gasteiger partial charge in [-0.3, -0.25) is 14.7 Å². The highest BCUT2D eigenvalue weighted by Gasteiger charge is 2.22. The zero-order chi connectivity index (χ0) is 19.3. The first-order valence-electron chi connectivity index (χ1n) is 9.82. The Hall–Kier alpha value is -2.98. The van der Waals surface area contributed by atoms with E-state index >= 15 is 0 Å². The van der Waals surface area contributed by atoms with Crippen LogP contribution in [0.5, 0.6) is 0 Å². The van der Waals surface area contributed by atoms with Crippen LogP contribution in [-0.2, 0) is 6.54 Å². The molecule has 1 aromatic heterocycles. The first kappa shape index (κ1) is 18.4. The van der Waals surface area contributed by atoms with E-state index in [-0.39, 0.29) is 0 Å². The Kier molecular flexibility index (Phi) is 5.49. The lowest BCUT2D eigenvalue weighted by Gasteiger charge is -2.32. The number of hydrogen-bond acceptors (Lipinski definition) is 3. The van der Waals surface area contributed by atoms with Gasteiger partial charge in [0.25, 0.3) is 0 Å². The van der Waals surface area contributed by atoms with E-state index in [1.165, 1.54) is 12.0 Å². The number of nitrogens with two attached hydrogens (primary N) is 1. The summed E-state index contributed by atoms with van der Waals surface area (Å²) >= 11 is 0. The average Bonchev–Trinajstić information content (AvgIpc) is 2.75. The highest BCUT2D eigenvalue weighted by Crippen LogP contribution is 2.28. The summed E-state index contributed by atoms with van der Waals surface area (Å²) in [6, 6.07) is 24.2. The summed E-state index contributed by atoms with van der Waals surface area (Å²) in [6.45, 7) is 3.14. The number of piperidine rings is 1. The molecule has 142 valence electrons. The van der Waals surface area contributed by atoms with Crippen molar-refractivity contribution in [3.8, 4) is 11.3 Å². The van der Waals surface area contributed by atoms with Crippen molar-refractivity contribution in [3.05, 3.63) is 89.6 Å². The lowest BCUT2D eigenvalue weighted by atomic mass is 9.93. The third-order valence-electron chi connectivity index (χ3n) is 5.39. The summed E-state index contributed by atoms with van der Waals surface area (Å²) < 4.78 is 0. The molecule has 1 saturated heterocycles. The van der Waals surface area contributed by atoms with Gasteiger partial charge < -0.3 is 5.73 Å². The van der Waals surface area contributed by atoms with Crippen molar-refractivity contribution in [2.45, 2.75) is 25.3 Å². The zero-order valence-electron chi connectivity index (χ0n) is 15.9. The molecule has 2 aromatic carbocycles. The van der Waals surface area contributed by atoms with Crippen LogP contribution < -0.4 is 5.73 Å². The van der Waals surface area contributed by atoms with Gasteiger partial charge in [-0.15, -0.1) is 0 Å². The molecule has 4 rings (SSSR count). The third kappa shape index (κ3) is 4.29. The van der Waals surface area contributed by atoms with Crippen molar-refractivity contribution in [2.24, 2.45) is 5.73 Å². The molecule has 1 aliphatic rings. The Labute approximate surface area is 166 Å². The number of likely N-dealkylation sites (tertiary alicyclic amines) is 1. The number of carbonyl (C=O) groups excluding carboxylic acids is 1. The number of carbonyl (C=O) groups is 1. The minimum atomic E-state index is -0.415. The van der Waals surface area contributed by atoms with Gasteiger partial charge in [0, 0.05) is 35.8 Å². The molecule has 1 aliphatic heterocycles. The van der Waals surface area contributed by atoms with E-state index in [4.69, 9.17) is 10.7 Å². The van der Waals surface area contributed by atoms with Crippen LogP contribution in [0.4, 0.5) is 0 Å². The van der Waals surface area contributed by atoms with E-state index < -0.39 is 5.91 Å². The molecule has 4 nitrogen and oxygen atoms in total.